The topological polar surface area (TPSA) is 37.3 Å². The summed E-state index contributed by atoms with van der Waals surface area (Å²) in [5.41, 5.74) is 0. The molecular formula is C12H11BrO2S. The Morgan fingerprint density at radius 3 is 2.50 bits per heavy atom. The first kappa shape index (κ1) is 11.7. The van der Waals surface area contributed by atoms with Crippen LogP contribution in [0.15, 0.2) is 45.8 Å². The van der Waals surface area contributed by atoms with Crippen LogP contribution < -0.4 is 0 Å². The Bertz CT molecular complexity index is 434. The van der Waals surface area contributed by atoms with Crippen LogP contribution in [0.2, 0.25) is 0 Å². The molecule has 2 nitrogen and oxygen atoms in total. The van der Waals surface area contributed by atoms with Crippen LogP contribution in [0.25, 0.3) is 0 Å². The van der Waals surface area contributed by atoms with Crippen molar-refractivity contribution in [2.75, 3.05) is 0 Å². The van der Waals surface area contributed by atoms with Crippen LogP contribution in [0.5, 0.6) is 0 Å². The average molecular weight is 299 g/mol. The Labute approximate surface area is 107 Å². The van der Waals surface area contributed by atoms with Crippen molar-refractivity contribution in [3.63, 3.8) is 0 Å². The molecule has 0 atom stereocenters. The fraction of sp³-hybridized carbons (Fsp3) is 0.250. The van der Waals surface area contributed by atoms with E-state index in [0.29, 0.717) is 12.8 Å². The third-order valence-electron chi connectivity index (χ3n) is 2.59. The molecule has 0 aliphatic heterocycles. The van der Waals surface area contributed by atoms with E-state index in [0.717, 1.165) is 9.37 Å². The number of carboxylic acids is 1. The van der Waals surface area contributed by atoms with Gasteiger partial charge in [-0.1, -0.05) is 24.3 Å². The first-order chi connectivity index (χ1) is 7.64. The predicted octanol–water partition coefficient (Wildman–Crippen LogP) is 3.71. The predicted molar refractivity (Wildman–Crippen MR) is 68.7 cm³/mol. The van der Waals surface area contributed by atoms with Gasteiger partial charge in [0, 0.05) is 9.37 Å². The van der Waals surface area contributed by atoms with Gasteiger partial charge in [0.25, 0.3) is 0 Å². The van der Waals surface area contributed by atoms with E-state index in [-0.39, 0.29) is 0 Å². The lowest BCUT2D eigenvalue weighted by Gasteiger charge is -2.23. The first-order valence-electron chi connectivity index (χ1n) is 4.96. The molecule has 0 radical (unpaired) electrons. The average Bonchev–Trinajstić information content (AvgIpc) is 2.71. The second-order valence-electron chi connectivity index (χ2n) is 3.71. The Kier molecular flexibility index (Phi) is 3.40. The zero-order valence-electron chi connectivity index (χ0n) is 8.52. The van der Waals surface area contributed by atoms with E-state index in [9.17, 15) is 9.90 Å². The van der Waals surface area contributed by atoms with E-state index < -0.39 is 10.7 Å². The molecule has 0 aromatic heterocycles. The summed E-state index contributed by atoms with van der Waals surface area (Å²) in [5.74, 6) is -0.738. The summed E-state index contributed by atoms with van der Waals surface area (Å²) in [6.07, 6.45) is 5.07. The molecule has 2 rings (SSSR count). The van der Waals surface area contributed by atoms with Gasteiger partial charge in [0.15, 0.2) is 0 Å². The number of aliphatic carboxylic acids is 1. The van der Waals surface area contributed by atoms with Gasteiger partial charge in [-0.15, -0.1) is 11.8 Å². The van der Waals surface area contributed by atoms with Crippen molar-refractivity contribution in [2.24, 2.45) is 0 Å². The summed E-state index contributed by atoms with van der Waals surface area (Å²) in [6, 6.07) is 7.72. The maximum atomic E-state index is 11.4. The largest absolute Gasteiger partial charge is 0.480 e. The molecule has 1 aromatic rings. The number of benzene rings is 1. The summed E-state index contributed by atoms with van der Waals surface area (Å²) in [5, 5.41) is 9.34. The molecule has 84 valence electrons. The highest BCUT2D eigenvalue weighted by molar-refractivity contribution is 9.10. The third-order valence-corrected chi connectivity index (χ3v) is 5.02. The number of hydrogen-bond acceptors (Lipinski definition) is 2. The number of rotatable bonds is 3. The number of carboxylic acid groups (broad SMARTS) is 1. The summed E-state index contributed by atoms with van der Waals surface area (Å²) >= 11 is 4.87. The molecule has 0 amide bonds. The summed E-state index contributed by atoms with van der Waals surface area (Å²) in [7, 11) is 0. The summed E-state index contributed by atoms with van der Waals surface area (Å²) < 4.78 is 0.233. The number of thioether (sulfide) groups is 1. The maximum Gasteiger partial charge on any atom is 0.320 e. The first-order valence-corrected chi connectivity index (χ1v) is 6.57. The molecule has 1 aliphatic carbocycles. The normalized spacial score (nSPS) is 17.6. The number of carbonyl (C=O) groups is 1. The monoisotopic (exact) mass is 298 g/mol. The SMILES string of the molecule is O=C(O)C1(Sc2ccccc2Br)CC=CC1. The van der Waals surface area contributed by atoms with Crippen LogP contribution in [0.3, 0.4) is 0 Å². The van der Waals surface area contributed by atoms with E-state index in [2.05, 4.69) is 15.9 Å². The second kappa shape index (κ2) is 4.63. The minimum atomic E-state index is -0.738. The Morgan fingerprint density at radius 1 is 1.31 bits per heavy atom. The lowest BCUT2D eigenvalue weighted by molar-refractivity contribution is -0.139. The van der Waals surface area contributed by atoms with Crippen molar-refractivity contribution in [2.45, 2.75) is 22.5 Å². The molecule has 0 heterocycles. The smallest absolute Gasteiger partial charge is 0.320 e. The fourth-order valence-corrected chi connectivity index (χ4v) is 3.38. The molecule has 1 aromatic carbocycles. The molecule has 4 heteroatoms. The fourth-order valence-electron chi connectivity index (χ4n) is 1.67. The third kappa shape index (κ3) is 2.18. The van der Waals surface area contributed by atoms with Gasteiger partial charge in [0.1, 0.15) is 4.75 Å². The maximum absolute atomic E-state index is 11.4. The zero-order chi connectivity index (χ0) is 11.6. The van der Waals surface area contributed by atoms with Crippen molar-refractivity contribution in [1.82, 2.24) is 0 Å². The molecule has 0 saturated heterocycles. The van der Waals surface area contributed by atoms with Crippen LogP contribution in [-0.4, -0.2) is 15.8 Å². The Balaban J connectivity index is 2.26. The minimum absolute atomic E-state index is 0.592. The Hall–Kier alpha value is -0.740. The van der Waals surface area contributed by atoms with Crippen molar-refractivity contribution in [3.8, 4) is 0 Å². The molecule has 0 bridgehead atoms. The van der Waals surface area contributed by atoms with E-state index >= 15 is 0 Å². The lowest BCUT2D eigenvalue weighted by Crippen LogP contribution is -2.31. The van der Waals surface area contributed by atoms with E-state index in [4.69, 9.17) is 0 Å². The number of allylic oxidation sites excluding steroid dienone is 2. The quantitative estimate of drug-likeness (QED) is 0.864. The van der Waals surface area contributed by atoms with Crippen LogP contribution in [-0.2, 0) is 4.79 Å². The van der Waals surface area contributed by atoms with Gasteiger partial charge >= 0.3 is 5.97 Å². The molecule has 0 saturated carbocycles. The number of halogens is 1. The van der Waals surface area contributed by atoms with Crippen LogP contribution in [0.1, 0.15) is 12.8 Å². The van der Waals surface area contributed by atoms with Crippen LogP contribution >= 0.6 is 27.7 Å². The second-order valence-corrected chi connectivity index (χ2v) is 5.99. The lowest BCUT2D eigenvalue weighted by atomic mass is 10.1. The van der Waals surface area contributed by atoms with Crippen molar-refractivity contribution in [3.05, 3.63) is 40.9 Å². The van der Waals surface area contributed by atoms with Gasteiger partial charge in [0.2, 0.25) is 0 Å². The van der Waals surface area contributed by atoms with Crippen LogP contribution in [0, 0.1) is 0 Å². The van der Waals surface area contributed by atoms with E-state index in [1.807, 2.05) is 36.4 Å². The summed E-state index contributed by atoms with van der Waals surface area (Å²) in [6.45, 7) is 0. The Morgan fingerprint density at radius 2 is 1.94 bits per heavy atom. The highest BCUT2D eigenvalue weighted by atomic mass is 79.9. The van der Waals surface area contributed by atoms with Gasteiger partial charge in [-0.3, -0.25) is 4.79 Å². The van der Waals surface area contributed by atoms with E-state index in [1.165, 1.54) is 11.8 Å². The minimum Gasteiger partial charge on any atom is -0.480 e. The van der Waals surface area contributed by atoms with Gasteiger partial charge < -0.3 is 5.11 Å². The molecule has 0 spiro atoms. The molecule has 1 N–H and O–H groups in total. The standard InChI is InChI=1S/C12H11BrO2S/c13-9-5-1-2-6-10(9)16-12(11(14)15)7-3-4-8-12/h1-6H,7-8H2,(H,14,15). The zero-order valence-corrected chi connectivity index (χ0v) is 10.9. The number of hydrogen-bond donors (Lipinski definition) is 1. The van der Waals surface area contributed by atoms with Crippen molar-refractivity contribution in [1.29, 1.82) is 0 Å². The van der Waals surface area contributed by atoms with Gasteiger partial charge in [-0.25, -0.2) is 0 Å². The summed E-state index contributed by atoms with van der Waals surface area (Å²) in [4.78, 5) is 12.3. The molecule has 1 aliphatic rings. The molecule has 0 fully saturated rings. The highest BCUT2D eigenvalue weighted by Gasteiger charge is 2.40. The van der Waals surface area contributed by atoms with Gasteiger partial charge in [0.05, 0.1) is 0 Å². The highest BCUT2D eigenvalue weighted by Crippen LogP contribution is 2.44. The van der Waals surface area contributed by atoms with Crippen LogP contribution in [0.4, 0.5) is 0 Å². The van der Waals surface area contributed by atoms with Crippen molar-refractivity contribution < 1.29 is 9.90 Å². The van der Waals surface area contributed by atoms with Crippen molar-refractivity contribution >= 4 is 33.7 Å². The molecule has 16 heavy (non-hydrogen) atoms. The van der Waals surface area contributed by atoms with E-state index in [1.54, 1.807) is 0 Å². The van der Waals surface area contributed by atoms with Gasteiger partial charge in [-0.2, -0.15) is 0 Å². The molecule has 0 unspecified atom stereocenters. The molecular weight excluding hydrogens is 288 g/mol. The van der Waals surface area contributed by atoms with Gasteiger partial charge in [-0.05, 0) is 40.9 Å².